The van der Waals surface area contributed by atoms with Crippen LogP contribution in [0.1, 0.15) is 23.2 Å². The second-order valence-corrected chi connectivity index (χ2v) is 4.03. The number of hydrogen-bond acceptors (Lipinski definition) is 1. The molecule has 2 rings (SSSR count). The van der Waals surface area contributed by atoms with Gasteiger partial charge in [-0.3, -0.25) is 4.79 Å². The molecule has 1 heterocycles. The zero-order chi connectivity index (χ0) is 10.8. The van der Waals surface area contributed by atoms with Crippen molar-refractivity contribution < 1.29 is 9.18 Å². The van der Waals surface area contributed by atoms with Crippen molar-refractivity contribution in [2.75, 3.05) is 13.1 Å². The summed E-state index contributed by atoms with van der Waals surface area (Å²) in [7, 11) is 0. The van der Waals surface area contributed by atoms with Crippen LogP contribution in [0.15, 0.2) is 18.2 Å². The van der Waals surface area contributed by atoms with Crippen molar-refractivity contribution in [1.82, 2.24) is 4.90 Å². The molecule has 1 saturated heterocycles. The number of nitrogens with zero attached hydrogens (tertiary/aromatic N) is 1. The van der Waals surface area contributed by atoms with E-state index in [1.54, 1.807) is 4.90 Å². The van der Waals surface area contributed by atoms with E-state index in [1.165, 1.54) is 18.2 Å². The van der Waals surface area contributed by atoms with Gasteiger partial charge in [-0.05, 0) is 31.0 Å². The normalized spacial score (nSPS) is 15.7. The second kappa shape index (κ2) is 4.19. The summed E-state index contributed by atoms with van der Waals surface area (Å²) in [5.41, 5.74) is 0.389. The molecule has 1 aliphatic rings. The highest BCUT2D eigenvalue weighted by Crippen LogP contribution is 2.21. The minimum atomic E-state index is -0.419. The molecule has 1 fully saturated rings. The average molecular weight is 228 g/mol. The Morgan fingerprint density at radius 3 is 2.60 bits per heavy atom. The largest absolute Gasteiger partial charge is 0.339 e. The van der Waals surface area contributed by atoms with E-state index in [1.807, 2.05) is 0 Å². The van der Waals surface area contributed by atoms with Gasteiger partial charge in [-0.25, -0.2) is 4.39 Å². The van der Waals surface area contributed by atoms with Crippen molar-refractivity contribution in [2.24, 2.45) is 0 Å². The molecule has 0 radical (unpaired) electrons. The Kier molecular flexibility index (Phi) is 2.91. The SMILES string of the molecule is O=C(c1ccc(F)cc1Cl)N1CCCC1. The summed E-state index contributed by atoms with van der Waals surface area (Å²) in [4.78, 5) is 13.6. The Bertz CT molecular complexity index is 388. The van der Waals surface area contributed by atoms with Crippen LogP contribution in [-0.2, 0) is 0 Å². The molecule has 0 aliphatic carbocycles. The Hall–Kier alpha value is -1.09. The third kappa shape index (κ3) is 2.12. The molecular weight excluding hydrogens is 217 g/mol. The predicted molar refractivity (Wildman–Crippen MR) is 56.5 cm³/mol. The van der Waals surface area contributed by atoms with Gasteiger partial charge in [-0.15, -0.1) is 0 Å². The van der Waals surface area contributed by atoms with Gasteiger partial charge in [0.15, 0.2) is 0 Å². The fourth-order valence-corrected chi connectivity index (χ4v) is 2.00. The highest BCUT2D eigenvalue weighted by Gasteiger charge is 2.21. The average Bonchev–Trinajstić information content (AvgIpc) is 2.69. The van der Waals surface area contributed by atoms with E-state index in [-0.39, 0.29) is 10.9 Å². The van der Waals surface area contributed by atoms with Crippen LogP contribution >= 0.6 is 11.6 Å². The maximum absolute atomic E-state index is 12.8. The van der Waals surface area contributed by atoms with Crippen molar-refractivity contribution in [3.8, 4) is 0 Å². The van der Waals surface area contributed by atoms with Crippen molar-refractivity contribution in [1.29, 1.82) is 0 Å². The van der Waals surface area contributed by atoms with Crippen LogP contribution in [0.3, 0.4) is 0 Å². The Morgan fingerprint density at radius 2 is 2.00 bits per heavy atom. The molecule has 0 aromatic heterocycles. The lowest BCUT2D eigenvalue weighted by Gasteiger charge is -2.15. The number of hydrogen-bond donors (Lipinski definition) is 0. The van der Waals surface area contributed by atoms with Crippen LogP contribution in [0.25, 0.3) is 0 Å². The Labute approximate surface area is 92.6 Å². The molecule has 0 saturated carbocycles. The van der Waals surface area contributed by atoms with Gasteiger partial charge in [0.1, 0.15) is 5.82 Å². The molecule has 0 bridgehead atoms. The van der Waals surface area contributed by atoms with Crippen molar-refractivity contribution in [2.45, 2.75) is 12.8 Å². The van der Waals surface area contributed by atoms with E-state index < -0.39 is 5.82 Å². The minimum Gasteiger partial charge on any atom is -0.339 e. The predicted octanol–water partition coefficient (Wildman–Crippen LogP) is 2.72. The Morgan fingerprint density at radius 1 is 1.33 bits per heavy atom. The van der Waals surface area contributed by atoms with E-state index in [2.05, 4.69) is 0 Å². The summed E-state index contributed by atoms with van der Waals surface area (Å²) in [5, 5.41) is 0.187. The van der Waals surface area contributed by atoms with Crippen LogP contribution in [0.4, 0.5) is 4.39 Å². The first kappa shape index (κ1) is 10.4. The third-order valence-electron chi connectivity index (χ3n) is 2.55. The van der Waals surface area contributed by atoms with Gasteiger partial charge in [0, 0.05) is 13.1 Å². The van der Waals surface area contributed by atoms with Gasteiger partial charge in [-0.2, -0.15) is 0 Å². The molecular formula is C11H11ClFNO. The van der Waals surface area contributed by atoms with Crippen molar-refractivity contribution in [3.63, 3.8) is 0 Å². The lowest BCUT2D eigenvalue weighted by Crippen LogP contribution is -2.27. The zero-order valence-corrected chi connectivity index (χ0v) is 8.93. The summed E-state index contributed by atoms with van der Waals surface area (Å²) in [5.74, 6) is -0.518. The minimum absolute atomic E-state index is 0.0995. The molecule has 1 aromatic carbocycles. The number of benzene rings is 1. The Balaban J connectivity index is 2.24. The van der Waals surface area contributed by atoms with Crippen molar-refractivity contribution >= 4 is 17.5 Å². The molecule has 1 aromatic rings. The van der Waals surface area contributed by atoms with E-state index in [0.717, 1.165) is 25.9 Å². The first-order valence-corrected chi connectivity index (χ1v) is 5.30. The smallest absolute Gasteiger partial charge is 0.255 e. The molecule has 0 atom stereocenters. The summed E-state index contributed by atoms with van der Waals surface area (Å²) in [6.07, 6.45) is 2.06. The summed E-state index contributed by atoms with van der Waals surface area (Å²) in [6, 6.07) is 3.87. The molecule has 0 unspecified atom stereocenters. The fraction of sp³-hybridized carbons (Fsp3) is 0.364. The van der Waals surface area contributed by atoms with Gasteiger partial charge in [-0.1, -0.05) is 11.6 Å². The van der Waals surface area contributed by atoms with Crippen LogP contribution in [0, 0.1) is 5.82 Å². The molecule has 1 amide bonds. The monoisotopic (exact) mass is 227 g/mol. The standard InChI is InChI=1S/C11H11ClFNO/c12-10-7-8(13)3-4-9(10)11(15)14-5-1-2-6-14/h3-4,7H,1-2,5-6H2. The van der Waals surface area contributed by atoms with Crippen LogP contribution < -0.4 is 0 Å². The van der Waals surface area contributed by atoms with E-state index in [4.69, 9.17) is 11.6 Å². The number of likely N-dealkylation sites (tertiary alicyclic amines) is 1. The molecule has 0 spiro atoms. The summed E-state index contributed by atoms with van der Waals surface area (Å²) >= 11 is 5.82. The van der Waals surface area contributed by atoms with Gasteiger partial charge < -0.3 is 4.90 Å². The van der Waals surface area contributed by atoms with E-state index in [0.29, 0.717) is 5.56 Å². The maximum atomic E-state index is 12.8. The van der Waals surface area contributed by atoms with Gasteiger partial charge in [0.05, 0.1) is 10.6 Å². The topological polar surface area (TPSA) is 20.3 Å². The number of rotatable bonds is 1. The first-order chi connectivity index (χ1) is 7.18. The lowest BCUT2D eigenvalue weighted by atomic mass is 10.2. The van der Waals surface area contributed by atoms with E-state index >= 15 is 0 Å². The van der Waals surface area contributed by atoms with Gasteiger partial charge in [0.2, 0.25) is 0 Å². The number of carbonyl (C=O) groups is 1. The molecule has 1 aliphatic heterocycles. The lowest BCUT2D eigenvalue weighted by molar-refractivity contribution is 0.0793. The highest BCUT2D eigenvalue weighted by molar-refractivity contribution is 6.33. The second-order valence-electron chi connectivity index (χ2n) is 3.62. The molecule has 0 N–H and O–H groups in total. The molecule has 2 nitrogen and oxygen atoms in total. The number of halogens is 2. The first-order valence-electron chi connectivity index (χ1n) is 4.93. The highest BCUT2D eigenvalue weighted by atomic mass is 35.5. The molecule has 80 valence electrons. The van der Waals surface area contributed by atoms with Crippen LogP contribution in [-0.4, -0.2) is 23.9 Å². The number of amides is 1. The van der Waals surface area contributed by atoms with Crippen molar-refractivity contribution in [3.05, 3.63) is 34.6 Å². The molecule has 4 heteroatoms. The van der Waals surface area contributed by atoms with Crippen LogP contribution in [0.2, 0.25) is 5.02 Å². The fourth-order valence-electron chi connectivity index (χ4n) is 1.75. The van der Waals surface area contributed by atoms with E-state index in [9.17, 15) is 9.18 Å². The quantitative estimate of drug-likeness (QED) is 0.723. The van der Waals surface area contributed by atoms with Gasteiger partial charge >= 0.3 is 0 Å². The maximum Gasteiger partial charge on any atom is 0.255 e. The summed E-state index contributed by atoms with van der Waals surface area (Å²) in [6.45, 7) is 1.54. The number of carbonyl (C=O) groups excluding carboxylic acids is 1. The summed E-state index contributed by atoms with van der Waals surface area (Å²) < 4.78 is 12.8. The zero-order valence-electron chi connectivity index (χ0n) is 8.17. The van der Waals surface area contributed by atoms with Crippen LogP contribution in [0.5, 0.6) is 0 Å². The third-order valence-corrected chi connectivity index (χ3v) is 2.87. The molecule has 15 heavy (non-hydrogen) atoms. The van der Waals surface area contributed by atoms with Gasteiger partial charge in [0.25, 0.3) is 5.91 Å².